The molecule has 13 heteroatoms. The van der Waals surface area contributed by atoms with Gasteiger partial charge in [0.05, 0.1) is 31.9 Å². The van der Waals surface area contributed by atoms with Gasteiger partial charge in [-0.3, -0.25) is 10.00 Å². The molecule has 0 saturated carbocycles. The third kappa shape index (κ3) is 5.45. The number of morpholine rings is 1. The van der Waals surface area contributed by atoms with Crippen LogP contribution in [-0.4, -0.2) is 65.2 Å². The first-order chi connectivity index (χ1) is 19.4. The number of para-hydroxylation sites is 1. The number of hydrogen-bond donors (Lipinski definition) is 3. The van der Waals surface area contributed by atoms with Gasteiger partial charge in [0, 0.05) is 42.7 Å². The maximum atomic E-state index is 14.9. The lowest BCUT2D eigenvalue weighted by atomic mass is 10.1. The van der Waals surface area contributed by atoms with E-state index >= 15 is 0 Å². The van der Waals surface area contributed by atoms with Crippen LogP contribution in [0.15, 0.2) is 36.4 Å². The van der Waals surface area contributed by atoms with Crippen LogP contribution in [0.4, 0.5) is 30.9 Å². The van der Waals surface area contributed by atoms with Crippen LogP contribution in [0.25, 0.3) is 22.4 Å². The lowest BCUT2D eigenvalue weighted by Crippen LogP contribution is -2.38. The van der Waals surface area contributed by atoms with Gasteiger partial charge >= 0.3 is 6.03 Å². The third-order valence-corrected chi connectivity index (χ3v) is 6.41. The second-order valence-electron chi connectivity index (χ2n) is 9.04. The monoisotopic (exact) mass is 552 g/mol. The zero-order chi connectivity index (χ0) is 28.2. The van der Waals surface area contributed by atoms with Crippen molar-refractivity contribution >= 4 is 34.3 Å². The molecule has 210 valence electrons. The molecule has 0 atom stereocenters. The van der Waals surface area contributed by atoms with E-state index in [1.807, 2.05) is 17.0 Å². The number of urea groups is 1. The minimum Gasteiger partial charge on any atom is -0.494 e. The number of anilines is 3. The van der Waals surface area contributed by atoms with Crippen molar-refractivity contribution in [2.24, 2.45) is 0 Å². The molecule has 1 fully saturated rings. The highest BCUT2D eigenvalue weighted by molar-refractivity contribution is 5.96. The Morgan fingerprint density at radius 2 is 1.85 bits per heavy atom. The largest absolute Gasteiger partial charge is 0.494 e. The summed E-state index contributed by atoms with van der Waals surface area (Å²) in [6, 6.07) is 9.08. The second kappa shape index (κ2) is 11.7. The molecule has 2 amide bonds. The molecule has 0 aliphatic carbocycles. The van der Waals surface area contributed by atoms with Crippen LogP contribution in [0.1, 0.15) is 19.4 Å². The summed E-state index contributed by atoms with van der Waals surface area (Å²) in [4.78, 5) is 23.6. The van der Waals surface area contributed by atoms with E-state index in [1.54, 1.807) is 26.0 Å². The van der Waals surface area contributed by atoms with E-state index in [0.717, 1.165) is 12.1 Å². The molecule has 1 saturated heterocycles. The molecular weight excluding hydrogens is 522 g/mol. The van der Waals surface area contributed by atoms with E-state index in [-0.39, 0.29) is 41.9 Å². The van der Waals surface area contributed by atoms with Crippen molar-refractivity contribution < 1.29 is 23.0 Å². The van der Waals surface area contributed by atoms with Gasteiger partial charge in [0.25, 0.3) is 0 Å². The van der Waals surface area contributed by atoms with Crippen molar-refractivity contribution in [3.05, 3.63) is 53.6 Å². The molecule has 5 rings (SSSR count). The van der Waals surface area contributed by atoms with Gasteiger partial charge in [0.15, 0.2) is 17.5 Å². The molecule has 11 nitrogen and oxygen atoms in total. The number of nitrogens with two attached hydrogens (primary N) is 1. The number of aromatic nitrogens is 4. The number of amides is 2. The van der Waals surface area contributed by atoms with Gasteiger partial charge in [-0.25, -0.2) is 23.5 Å². The molecule has 1 aliphatic heterocycles. The Balaban J connectivity index is 1.59. The lowest BCUT2D eigenvalue weighted by Gasteiger charge is -2.30. The fraction of sp³-hybridized carbons (Fsp3) is 0.333. The summed E-state index contributed by atoms with van der Waals surface area (Å²) in [5, 5.41) is 10.8. The zero-order valence-electron chi connectivity index (χ0n) is 22.2. The topological polar surface area (TPSA) is 132 Å². The third-order valence-electron chi connectivity index (χ3n) is 6.41. The summed E-state index contributed by atoms with van der Waals surface area (Å²) < 4.78 is 42.0. The number of carbonyl (C=O) groups excluding carboxylic acids is 1. The minimum atomic E-state index is -0.742. The van der Waals surface area contributed by atoms with Gasteiger partial charge in [0.2, 0.25) is 0 Å². The molecule has 0 unspecified atom stereocenters. The molecule has 2 aromatic heterocycles. The number of nitrogens with one attached hydrogen (secondary N) is 2. The van der Waals surface area contributed by atoms with Crippen molar-refractivity contribution in [2.45, 2.75) is 20.4 Å². The van der Waals surface area contributed by atoms with Crippen molar-refractivity contribution in [1.82, 2.24) is 25.1 Å². The predicted molar refractivity (Wildman–Crippen MR) is 148 cm³/mol. The first-order valence-corrected chi connectivity index (χ1v) is 13.0. The molecule has 40 heavy (non-hydrogen) atoms. The number of fused-ring (bicyclic) bond motifs is 1. The smallest absolute Gasteiger partial charge is 0.320 e. The van der Waals surface area contributed by atoms with Crippen molar-refractivity contribution in [1.29, 1.82) is 0 Å². The molecule has 0 spiro atoms. The van der Waals surface area contributed by atoms with Crippen LogP contribution in [0, 0.1) is 11.6 Å². The van der Waals surface area contributed by atoms with Gasteiger partial charge < -0.3 is 25.4 Å². The zero-order valence-corrected chi connectivity index (χ0v) is 22.2. The molecular formula is C27H30F2N8O3. The van der Waals surface area contributed by atoms with Crippen molar-refractivity contribution in [2.75, 3.05) is 55.4 Å². The summed E-state index contributed by atoms with van der Waals surface area (Å²) in [6.07, 6.45) is 0. The first-order valence-electron chi connectivity index (χ1n) is 13.0. The number of benzene rings is 2. The van der Waals surface area contributed by atoms with Gasteiger partial charge in [-0.1, -0.05) is 18.2 Å². The van der Waals surface area contributed by atoms with E-state index < -0.39 is 17.7 Å². The summed E-state index contributed by atoms with van der Waals surface area (Å²) in [7, 11) is 0. The van der Waals surface area contributed by atoms with Gasteiger partial charge in [0.1, 0.15) is 28.8 Å². The summed E-state index contributed by atoms with van der Waals surface area (Å²) in [6.45, 7) is 6.15. The highest BCUT2D eigenvalue weighted by atomic mass is 19.1. The first kappa shape index (κ1) is 27.1. The van der Waals surface area contributed by atoms with E-state index in [4.69, 9.17) is 15.2 Å². The molecule has 2 aromatic carbocycles. The number of carbonyl (C=O) groups is 1. The Morgan fingerprint density at radius 1 is 1.12 bits per heavy atom. The number of nitrogens with zero attached hydrogens (tertiary/aromatic N) is 5. The number of nitrogen functional groups attached to an aromatic ring is 1. The number of rotatable bonds is 8. The standard InChI is InChI=1S/C27H30F2N8O3/c1-3-31-27(38)34-26-23(36-9-11-39-12-10-36)24(30)32-25(33-26)22-17-7-5-6-8-21(17)37(35-22)15-18-19(28)13-16(40-4-2)14-20(18)29/h5-8,13-14H,3-4,9-12,15H2,1-2H3,(H4,30,31,32,33,34,38). The second-order valence-corrected chi connectivity index (χ2v) is 9.04. The average molecular weight is 553 g/mol. The van der Waals surface area contributed by atoms with Crippen LogP contribution in [0.3, 0.4) is 0 Å². The van der Waals surface area contributed by atoms with Crippen LogP contribution >= 0.6 is 0 Å². The number of ether oxygens (including phenoxy) is 2. The van der Waals surface area contributed by atoms with Crippen LogP contribution in [0.5, 0.6) is 5.75 Å². The number of halogens is 2. The predicted octanol–water partition coefficient (Wildman–Crippen LogP) is 3.78. The van der Waals surface area contributed by atoms with E-state index in [0.29, 0.717) is 55.1 Å². The maximum Gasteiger partial charge on any atom is 0.320 e. The molecule has 0 radical (unpaired) electrons. The Labute approximate surface area is 229 Å². The Bertz CT molecular complexity index is 1510. The fourth-order valence-electron chi connectivity index (χ4n) is 4.62. The minimum absolute atomic E-state index is 0.114. The highest BCUT2D eigenvalue weighted by Crippen LogP contribution is 2.35. The quantitative estimate of drug-likeness (QED) is 0.301. The summed E-state index contributed by atoms with van der Waals surface area (Å²) >= 11 is 0. The molecule has 4 aromatic rings. The molecule has 0 bridgehead atoms. The van der Waals surface area contributed by atoms with Gasteiger partial charge in [-0.2, -0.15) is 5.10 Å². The Morgan fingerprint density at radius 3 is 2.55 bits per heavy atom. The van der Waals surface area contributed by atoms with Crippen LogP contribution < -0.4 is 26.0 Å². The van der Waals surface area contributed by atoms with Crippen LogP contribution in [-0.2, 0) is 11.3 Å². The highest BCUT2D eigenvalue weighted by Gasteiger charge is 2.25. The molecule has 4 N–H and O–H groups in total. The maximum absolute atomic E-state index is 14.9. The average Bonchev–Trinajstić information content (AvgIpc) is 3.30. The van der Waals surface area contributed by atoms with E-state index in [1.165, 1.54) is 4.68 Å². The summed E-state index contributed by atoms with van der Waals surface area (Å²) in [5.41, 5.74) is 7.73. The van der Waals surface area contributed by atoms with Gasteiger partial charge in [-0.05, 0) is 19.9 Å². The molecule has 3 heterocycles. The van der Waals surface area contributed by atoms with Crippen molar-refractivity contribution in [3.63, 3.8) is 0 Å². The lowest BCUT2D eigenvalue weighted by molar-refractivity contribution is 0.123. The van der Waals surface area contributed by atoms with Crippen LogP contribution in [0.2, 0.25) is 0 Å². The normalized spacial score (nSPS) is 13.4. The Hall–Kier alpha value is -4.52. The van der Waals surface area contributed by atoms with Gasteiger partial charge in [-0.15, -0.1) is 0 Å². The SMILES string of the molecule is CCNC(=O)Nc1nc(-c2nn(Cc3c(F)cc(OCC)cc3F)c3ccccc23)nc(N)c1N1CCOCC1. The Kier molecular flexibility index (Phi) is 7.91. The molecule has 1 aliphatic rings. The van der Waals surface area contributed by atoms with E-state index in [9.17, 15) is 13.6 Å². The van der Waals surface area contributed by atoms with E-state index in [2.05, 4.69) is 25.7 Å². The number of hydrogen-bond acceptors (Lipinski definition) is 8. The fourth-order valence-corrected chi connectivity index (χ4v) is 4.62. The summed E-state index contributed by atoms with van der Waals surface area (Å²) in [5.74, 6) is -0.840. The van der Waals surface area contributed by atoms with Crippen molar-refractivity contribution in [3.8, 4) is 17.3 Å².